The highest BCUT2D eigenvalue weighted by Gasteiger charge is 2.44. The molecule has 2 N–H and O–H groups in total. The van der Waals surface area contributed by atoms with E-state index in [1.54, 1.807) is 0 Å². The zero-order chi connectivity index (χ0) is 14.2. The number of nitrogens with two attached hydrogens (primary N) is 1. The summed E-state index contributed by atoms with van der Waals surface area (Å²) < 4.78 is 0. The van der Waals surface area contributed by atoms with Gasteiger partial charge in [-0.1, -0.05) is 25.7 Å². The van der Waals surface area contributed by atoms with Crippen LogP contribution in [0.3, 0.4) is 0 Å². The lowest BCUT2D eigenvalue weighted by atomic mass is 9.73. The molecule has 1 amide bonds. The van der Waals surface area contributed by atoms with Gasteiger partial charge in [0.25, 0.3) is 0 Å². The molecule has 1 heterocycles. The molecule has 3 fully saturated rings. The maximum absolute atomic E-state index is 13.1. The van der Waals surface area contributed by atoms with Crippen LogP contribution in [0.5, 0.6) is 0 Å². The summed E-state index contributed by atoms with van der Waals surface area (Å²) >= 11 is 2.09. The lowest BCUT2D eigenvalue weighted by Gasteiger charge is -2.47. The Morgan fingerprint density at radius 2 is 1.95 bits per heavy atom. The zero-order valence-corrected chi connectivity index (χ0v) is 13.5. The molecule has 20 heavy (non-hydrogen) atoms. The number of thioether (sulfide) groups is 1. The molecule has 0 spiro atoms. The summed E-state index contributed by atoms with van der Waals surface area (Å²) in [4.78, 5) is 15.3. The summed E-state index contributed by atoms with van der Waals surface area (Å²) in [5.74, 6) is 1.54. The van der Waals surface area contributed by atoms with E-state index < -0.39 is 0 Å². The molecule has 4 unspecified atom stereocenters. The van der Waals surface area contributed by atoms with Gasteiger partial charge in [-0.2, -0.15) is 11.8 Å². The van der Waals surface area contributed by atoms with Crippen LogP contribution in [-0.2, 0) is 4.79 Å². The molecule has 0 aromatic rings. The van der Waals surface area contributed by atoms with Gasteiger partial charge in [-0.25, -0.2) is 0 Å². The summed E-state index contributed by atoms with van der Waals surface area (Å²) in [6.45, 7) is 3.03. The molecule has 0 aromatic heterocycles. The average molecular weight is 296 g/mol. The van der Waals surface area contributed by atoms with E-state index in [4.69, 9.17) is 5.73 Å². The molecule has 0 bridgehead atoms. The first-order valence-electron chi connectivity index (χ1n) is 8.30. The van der Waals surface area contributed by atoms with Gasteiger partial charge in [0, 0.05) is 29.1 Å². The van der Waals surface area contributed by atoms with E-state index in [0.717, 1.165) is 25.1 Å². The third-order valence-corrected chi connectivity index (χ3v) is 6.96. The molecule has 4 heteroatoms. The topological polar surface area (TPSA) is 46.3 Å². The van der Waals surface area contributed by atoms with Crippen molar-refractivity contribution in [3.8, 4) is 0 Å². The monoisotopic (exact) mass is 296 g/mol. The van der Waals surface area contributed by atoms with Crippen LogP contribution >= 0.6 is 11.8 Å². The quantitative estimate of drug-likeness (QED) is 0.809. The second-order valence-corrected chi connectivity index (χ2v) is 8.44. The Balaban J connectivity index is 1.74. The Morgan fingerprint density at radius 1 is 1.20 bits per heavy atom. The van der Waals surface area contributed by atoms with Crippen molar-refractivity contribution in [2.24, 2.45) is 11.7 Å². The van der Waals surface area contributed by atoms with Gasteiger partial charge < -0.3 is 10.6 Å². The van der Waals surface area contributed by atoms with Crippen LogP contribution in [0.1, 0.15) is 58.3 Å². The van der Waals surface area contributed by atoms with Crippen molar-refractivity contribution in [3.63, 3.8) is 0 Å². The largest absolute Gasteiger partial charge is 0.337 e. The standard InChI is InChI=1S/C16H28N2OS/c1-16(17)9-5-4-6-12(16)15(19)18-10-11-20-14-8-3-2-7-13(14)18/h12-14H,2-11,17H2,1H3. The summed E-state index contributed by atoms with van der Waals surface area (Å²) in [6, 6.07) is 0.493. The second kappa shape index (κ2) is 5.88. The fourth-order valence-electron chi connectivity index (χ4n) is 4.33. The fourth-order valence-corrected chi connectivity index (χ4v) is 5.78. The second-order valence-electron chi connectivity index (χ2n) is 7.10. The molecule has 1 aliphatic heterocycles. The van der Waals surface area contributed by atoms with Crippen molar-refractivity contribution in [1.29, 1.82) is 0 Å². The summed E-state index contributed by atoms with van der Waals surface area (Å²) in [5, 5.41) is 0.689. The van der Waals surface area contributed by atoms with E-state index in [-0.39, 0.29) is 11.5 Å². The van der Waals surface area contributed by atoms with Gasteiger partial charge in [-0.15, -0.1) is 0 Å². The predicted molar refractivity (Wildman–Crippen MR) is 84.8 cm³/mol. The average Bonchev–Trinajstić information content (AvgIpc) is 2.45. The lowest BCUT2D eigenvalue weighted by Crippen LogP contribution is -2.59. The minimum Gasteiger partial charge on any atom is -0.337 e. The van der Waals surface area contributed by atoms with Crippen molar-refractivity contribution >= 4 is 17.7 Å². The molecule has 2 saturated carbocycles. The van der Waals surface area contributed by atoms with Crippen LogP contribution in [0, 0.1) is 5.92 Å². The Labute approximate surface area is 127 Å². The predicted octanol–water partition coefficient (Wildman–Crippen LogP) is 2.78. The third kappa shape index (κ3) is 2.74. The van der Waals surface area contributed by atoms with Crippen molar-refractivity contribution < 1.29 is 4.79 Å². The molecule has 3 nitrogen and oxygen atoms in total. The Hall–Kier alpha value is -0.220. The van der Waals surface area contributed by atoms with Crippen molar-refractivity contribution in [1.82, 2.24) is 4.90 Å². The number of hydrogen-bond donors (Lipinski definition) is 1. The van der Waals surface area contributed by atoms with Crippen LogP contribution in [0.25, 0.3) is 0 Å². The minimum absolute atomic E-state index is 0.0573. The molecule has 3 rings (SSSR count). The molecule has 1 saturated heterocycles. The van der Waals surface area contributed by atoms with Gasteiger partial charge in [-0.3, -0.25) is 4.79 Å². The van der Waals surface area contributed by atoms with Gasteiger partial charge in [0.1, 0.15) is 0 Å². The highest BCUT2D eigenvalue weighted by atomic mass is 32.2. The van der Waals surface area contributed by atoms with Gasteiger partial charge in [0.05, 0.1) is 5.92 Å². The molecule has 0 aromatic carbocycles. The first-order chi connectivity index (χ1) is 9.59. The summed E-state index contributed by atoms with van der Waals surface area (Å²) in [7, 11) is 0. The summed E-state index contributed by atoms with van der Waals surface area (Å²) in [6.07, 6.45) is 9.47. The minimum atomic E-state index is -0.288. The van der Waals surface area contributed by atoms with E-state index >= 15 is 0 Å². The van der Waals surface area contributed by atoms with Gasteiger partial charge in [0.2, 0.25) is 5.91 Å². The number of rotatable bonds is 1. The van der Waals surface area contributed by atoms with Crippen LogP contribution < -0.4 is 5.73 Å². The lowest BCUT2D eigenvalue weighted by molar-refractivity contribution is -0.141. The molecule has 0 radical (unpaired) electrons. The number of fused-ring (bicyclic) bond motifs is 1. The Morgan fingerprint density at radius 3 is 2.75 bits per heavy atom. The first-order valence-corrected chi connectivity index (χ1v) is 9.35. The highest BCUT2D eigenvalue weighted by molar-refractivity contribution is 8.00. The third-order valence-electron chi connectivity index (χ3n) is 5.57. The first kappa shape index (κ1) is 14.7. The summed E-state index contributed by atoms with van der Waals surface area (Å²) in [5.41, 5.74) is 6.16. The Kier molecular flexibility index (Phi) is 4.32. The SMILES string of the molecule is CC1(N)CCCCC1C(=O)N1CCSC2CCCCC21. The number of hydrogen-bond acceptors (Lipinski definition) is 3. The van der Waals surface area contributed by atoms with E-state index in [2.05, 4.69) is 23.6 Å². The molecule has 4 atom stereocenters. The normalized spacial score (nSPS) is 42.1. The molecular weight excluding hydrogens is 268 g/mol. The van der Waals surface area contributed by atoms with Gasteiger partial charge in [-0.05, 0) is 32.6 Å². The molecule has 3 aliphatic rings. The zero-order valence-electron chi connectivity index (χ0n) is 12.6. The highest BCUT2D eigenvalue weighted by Crippen LogP contribution is 2.39. The number of carbonyl (C=O) groups is 1. The Bertz CT molecular complexity index is 369. The number of carbonyl (C=O) groups excluding carboxylic acids is 1. The van der Waals surface area contributed by atoms with Crippen LogP contribution in [0.2, 0.25) is 0 Å². The smallest absolute Gasteiger partial charge is 0.227 e. The number of nitrogens with zero attached hydrogens (tertiary/aromatic N) is 1. The van der Waals surface area contributed by atoms with Crippen molar-refractivity contribution in [2.75, 3.05) is 12.3 Å². The molecular formula is C16H28N2OS. The fraction of sp³-hybridized carbons (Fsp3) is 0.938. The van der Waals surface area contributed by atoms with Crippen molar-refractivity contribution in [3.05, 3.63) is 0 Å². The van der Waals surface area contributed by atoms with E-state index in [9.17, 15) is 4.79 Å². The van der Waals surface area contributed by atoms with E-state index in [1.165, 1.54) is 38.5 Å². The molecule has 114 valence electrons. The van der Waals surface area contributed by atoms with Crippen LogP contribution in [0.4, 0.5) is 0 Å². The maximum atomic E-state index is 13.1. The van der Waals surface area contributed by atoms with E-state index in [0.29, 0.717) is 17.2 Å². The van der Waals surface area contributed by atoms with Crippen LogP contribution in [-0.4, -0.2) is 39.9 Å². The number of amides is 1. The van der Waals surface area contributed by atoms with Gasteiger partial charge >= 0.3 is 0 Å². The van der Waals surface area contributed by atoms with Gasteiger partial charge in [0.15, 0.2) is 0 Å². The van der Waals surface area contributed by atoms with E-state index in [1.807, 2.05) is 0 Å². The molecule has 2 aliphatic carbocycles. The maximum Gasteiger partial charge on any atom is 0.227 e. The van der Waals surface area contributed by atoms with Crippen molar-refractivity contribution in [2.45, 2.75) is 75.1 Å². The van der Waals surface area contributed by atoms with Crippen LogP contribution in [0.15, 0.2) is 0 Å².